The van der Waals surface area contributed by atoms with Crippen molar-refractivity contribution in [3.05, 3.63) is 47.6 Å². The van der Waals surface area contributed by atoms with Gasteiger partial charge in [-0.1, -0.05) is 64.2 Å². The van der Waals surface area contributed by atoms with Crippen molar-refractivity contribution in [2.45, 2.75) is 180 Å². The molecule has 1 aliphatic carbocycles. The van der Waals surface area contributed by atoms with Crippen molar-refractivity contribution in [2.24, 2.45) is 29.6 Å². The van der Waals surface area contributed by atoms with Crippen LogP contribution < -0.4 is 0 Å². The number of aliphatic hydroxyl groups excluding tert-OH is 2. The van der Waals surface area contributed by atoms with Crippen LogP contribution in [0.15, 0.2) is 47.6 Å². The number of nitrogens with zero attached hydrogens (tertiary/aromatic N) is 1. The molecule has 4 aliphatic rings. The fraction of sp³-hybridized carbons (Fsp3) is 0.745. The Bertz CT molecular complexity index is 1740. The van der Waals surface area contributed by atoms with Gasteiger partial charge in [0.05, 0.1) is 24.4 Å². The Morgan fingerprint density at radius 3 is 2.26 bits per heavy atom. The zero-order valence-corrected chi connectivity index (χ0v) is 40.7. The summed E-state index contributed by atoms with van der Waals surface area (Å²) < 4.78 is 35.7. The minimum Gasteiger partial charge on any atom is -0.460 e. The van der Waals surface area contributed by atoms with Crippen LogP contribution in [0.25, 0.3) is 0 Å². The first-order valence-corrected chi connectivity index (χ1v) is 23.9. The van der Waals surface area contributed by atoms with Crippen molar-refractivity contribution in [3.63, 3.8) is 0 Å². The number of carbonyl (C=O) groups is 5. The van der Waals surface area contributed by atoms with Crippen molar-refractivity contribution >= 4 is 29.2 Å². The molecule has 0 spiro atoms. The summed E-state index contributed by atoms with van der Waals surface area (Å²) in [7, 11) is 5.94. The largest absolute Gasteiger partial charge is 0.460 e. The van der Waals surface area contributed by atoms with Gasteiger partial charge in [-0.15, -0.1) is 0 Å². The average Bonchev–Trinajstić information content (AvgIpc) is 3.30. The summed E-state index contributed by atoms with van der Waals surface area (Å²) in [6.45, 7) is 11.0. The van der Waals surface area contributed by atoms with Crippen LogP contribution in [-0.4, -0.2) is 134 Å². The van der Waals surface area contributed by atoms with E-state index in [1.807, 2.05) is 58.1 Å². The van der Waals surface area contributed by atoms with Crippen molar-refractivity contribution in [1.29, 1.82) is 0 Å². The second-order valence-electron chi connectivity index (χ2n) is 19.2. The first-order chi connectivity index (χ1) is 30.9. The minimum absolute atomic E-state index is 0.131. The first-order valence-electron chi connectivity index (χ1n) is 23.9. The Kier molecular flexibility index (Phi) is 21.4. The number of allylic oxidation sites excluding steroid dienone is 6. The van der Waals surface area contributed by atoms with E-state index in [9.17, 15) is 34.2 Å². The standard InChI is InChI=1S/C51H79NO13/c1-31-18-14-12-11-13-15-19-32(2)45(55)47(62-9)46(56)35(5)26-33(3)41(54)30-43(34(4)27-37-22-24-40(53)44(28-37)61-8)64-50(59)39-20-16-17-25-52(39)49(58)48(57)51(63-10)36(6)21-23-38(65-51)29-42(31)60-7/h11-14,18,26,32-34,36-40,42-44,46-47,53,56H,15-17,19-25,27-30H2,1-10H3/b13-11+,14-12+,31-18+,35-26+/t32-,33-,34-,36-,37+,38+,39+,40-,42+,43+,44-,46-,47+,51-/m1/s1. The maximum absolute atomic E-state index is 14.5. The third-order valence-corrected chi connectivity index (χ3v) is 14.5. The number of hydrogen-bond acceptors (Lipinski definition) is 13. The van der Waals surface area contributed by atoms with Gasteiger partial charge in [0.15, 0.2) is 5.78 Å². The zero-order valence-electron chi connectivity index (χ0n) is 40.7. The Balaban J connectivity index is 1.71. The Labute approximate surface area is 387 Å². The smallest absolute Gasteiger partial charge is 0.329 e. The van der Waals surface area contributed by atoms with Gasteiger partial charge in [-0.05, 0) is 107 Å². The Hall–Kier alpha value is -3.37. The monoisotopic (exact) mass is 914 g/mol. The Morgan fingerprint density at radius 1 is 0.846 bits per heavy atom. The number of Topliss-reactive ketones (excluding diaryl/α,β-unsaturated/α-hetero) is 3. The molecule has 366 valence electrons. The van der Waals surface area contributed by atoms with E-state index in [-0.39, 0.29) is 55.0 Å². The van der Waals surface area contributed by atoms with Gasteiger partial charge >= 0.3 is 5.97 Å². The molecule has 0 aromatic rings. The predicted octanol–water partition coefficient (Wildman–Crippen LogP) is 6.59. The van der Waals surface area contributed by atoms with Gasteiger partial charge in [0, 0.05) is 65.6 Å². The highest BCUT2D eigenvalue weighted by molar-refractivity contribution is 6.39. The summed E-state index contributed by atoms with van der Waals surface area (Å²) in [5.74, 6) is -6.63. The molecule has 0 unspecified atom stereocenters. The lowest BCUT2D eigenvalue weighted by Crippen LogP contribution is -2.61. The number of rotatable bonds is 7. The Morgan fingerprint density at radius 2 is 1.58 bits per heavy atom. The third-order valence-electron chi connectivity index (χ3n) is 14.5. The SMILES string of the molecule is CO[C@H]1C[C@@H]2CC[C@@H](C)[C@@](OC)(O2)C(=O)C(=O)N2CCCC[C@H]2C(=O)O[C@H]([C@H](C)C[C@@H]2CC[C@@H](O)[C@H](OC)C2)CC(=O)[C@H](C)/C=C(\C)[C@@H](O)[C@@H](OC)C(=O)[C@H](C)CC/C=C/C=C/C=C/1C. The number of aliphatic hydroxyl groups is 2. The number of esters is 1. The molecule has 0 aromatic heterocycles. The fourth-order valence-corrected chi connectivity index (χ4v) is 10.1. The molecule has 14 heteroatoms. The molecular formula is C51H79NO13. The molecule has 0 radical (unpaired) electrons. The molecule has 3 fully saturated rings. The summed E-state index contributed by atoms with van der Waals surface area (Å²) in [6.07, 6.45) is 12.7. The second-order valence-corrected chi connectivity index (χ2v) is 19.2. The molecule has 4 rings (SSSR count). The van der Waals surface area contributed by atoms with Crippen molar-refractivity contribution in [1.82, 2.24) is 4.90 Å². The summed E-state index contributed by atoms with van der Waals surface area (Å²) in [4.78, 5) is 72.4. The van der Waals surface area contributed by atoms with Crippen molar-refractivity contribution in [2.75, 3.05) is 35.0 Å². The van der Waals surface area contributed by atoms with Gasteiger partial charge in [0.2, 0.25) is 5.79 Å². The lowest BCUT2D eigenvalue weighted by molar-refractivity contribution is -0.277. The lowest BCUT2D eigenvalue weighted by atomic mass is 9.78. The maximum Gasteiger partial charge on any atom is 0.329 e. The molecule has 2 bridgehead atoms. The summed E-state index contributed by atoms with van der Waals surface area (Å²) in [6, 6.07) is -1.08. The van der Waals surface area contributed by atoms with Crippen molar-refractivity contribution in [3.8, 4) is 0 Å². The zero-order chi connectivity index (χ0) is 48.0. The summed E-state index contributed by atoms with van der Waals surface area (Å²) in [5.41, 5.74) is 1.33. The van der Waals surface area contributed by atoms with Gasteiger partial charge in [-0.3, -0.25) is 19.2 Å². The molecule has 2 N–H and O–H groups in total. The minimum atomic E-state index is -1.88. The molecule has 2 saturated heterocycles. The third kappa shape index (κ3) is 14.1. The number of fused-ring (bicyclic) bond motifs is 3. The van der Waals surface area contributed by atoms with Crippen molar-refractivity contribution < 1.29 is 62.6 Å². The van der Waals surface area contributed by atoms with Gasteiger partial charge in [-0.25, -0.2) is 4.79 Å². The number of ketones is 3. The van der Waals surface area contributed by atoms with E-state index in [1.54, 1.807) is 34.1 Å². The van der Waals surface area contributed by atoms with Gasteiger partial charge in [0.1, 0.15) is 30.1 Å². The average molecular weight is 914 g/mol. The normalized spacial score (nSPS) is 39.3. The number of cyclic esters (lactones) is 1. The van der Waals surface area contributed by atoms with Crippen LogP contribution in [0.1, 0.15) is 125 Å². The number of piperidine rings is 1. The lowest BCUT2D eigenvalue weighted by Gasteiger charge is -2.44. The van der Waals surface area contributed by atoms with E-state index in [2.05, 4.69) is 0 Å². The number of ether oxygens (including phenoxy) is 6. The van der Waals surface area contributed by atoms with Crippen LogP contribution >= 0.6 is 0 Å². The molecular weight excluding hydrogens is 835 g/mol. The molecule has 1 saturated carbocycles. The molecule has 1 amide bonds. The highest BCUT2D eigenvalue weighted by Crippen LogP contribution is 2.39. The second kappa shape index (κ2) is 25.7. The molecule has 0 aromatic carbocycles. The molecule has 3 heterocycles. The highest BCUT2D eigenvalue weighted by Gasteiger charge is 2.54. The number of amides is 1. The van der Waals surface area contributed by atoms with Gasteiger partial charge in [-0.2, -0.15) is 0 Å². The molecule has 3 aliphatic heterocycles. The summed E-state index contributed by atoms with van der Waals surface area (Å²) >= 11 is 0. The first kappa shape index (κ1) is 54.2. The van der Waals surface area contributed by atoms with Crippen LogP contribution in [0.2, 0.25) is 0 Å². The van der Waals surface area contributed by atoms with E-state index < -0.39 is 77.8 Å². The predicted molar refractivity (Wildman–Crippen MR) is 245 cm³/mol. The van der Waals surface area contributed by atoms with E-state index in [1.165, 1.54) is 19.1 Å². The van der Waals surface area contributed by atoms with E-state index >= 15 is 0 Å². The van der Waals surface area contributed by atoms with E-state index in [0.29, 0.717) is 69.8 Å². The molecule has 14 atom stereocenters. The van der Waals surface area contributed by atoms with Crippen LogP contribution in [0, 0.1) is 29.6 Å². The van der Waals surface area contributed by atoms with Crippen LogP contribution in [0.4, 0.5) is 0 Å². The van der Waals surface area contributed by atoms with E-state index in [4.69, 9.17) is 28.4 Å². The summed E-state index contributed by atoms with van der Waals surface area (Å²) in [5, 5.41) is 21.9. The topological polar surface area (TPSA) is 184 Å². The molecule has 14 nitrogen and oxygen atoms in total. The van der Waals surface area contributed by atoms with Crippen LogP contribution in [0.3, 0.4) is 0 Å². The number of carbonyl (C=O) groups excluding carboxylic acids is 5. The highest BCUT2D eigenvalue weighted by atomic mass is 16.7. The van der Waals surface area contributed by atoms with Crippen LogP contribution in [-0.2, 0) is 52.4 Å². The molecule has 65 heavy (non-hydrogen) atoms. The number of hydrogen-bond donors (Lipinski definition) is 2. The van der Waals surface area contributed by atoms with E-state index in [0.717, 1.165) is 12.0 Å². The maximum atomic E-state index is 14.5. The number of methoxy groups -OCH3 is 4. The van der Waals surface area contributed by atoms with Gasteiger partial charge < -0.3 is 43.5 Å². The quantitative estimate of drug-likeness (QED) is 0.159. The van der Waals surface area contributed by atoms with Crippen LogP contribution in [0.5, 0.6) is 0 Å². The fourth-order valence-electron chi connectivity index (χ4n) is 10.1. The van der Waals surface area contributed by atoms with Gasteiger partial charge in [0.25, 0.3) is 11.7 Å².